The van der Waals surface area contributed by atoms with Crippen molar-refractivity contribution in [1.29, 1.82) is 0 Å². The van der Waals surface area contributed by atoms with E-state index in [1.165, 1.54) is 10.7 Å². The molecule has 0 spiro atoms. The van der Waals surface area contributed by atoms with Crippen LogP contribution in [0.3, 0.4) is 0 Å². The molecule has 0 bridgehead atoms. The third kappa shape index (κ3) is 3.81. The molecular weight excluding hydrogens is 348 g/mol. The number of piperidine rings is 2. The molecule has 1 aromatic rings. The predicted molar refractivity (Wildman–Crippen MR) is 103 cm³/mol. The van der Waals surface area contributed by atoms with Gasteiger partial charge >= 0.3 is 0 Å². The lowest BCUT2D eigenvalue weighted by Gasteiger charge is -2.36. The first-order valence-electron chi connectivity index (χ1n) is 9.67. The quantitative estimate of drug-likeness (QED) is 0.812. The maximum atomic E-state index is 13.3. The van der Waals surface area contributed by atoms with Gasteiger partial charge in [-0.3, -0.25) is 4.79 Å². The fourth-order valence-corrected chi connectivity index (χ4v) is 6.37. The van der Waals surface area contributed by atoms with Gasteiger partial charge < -0.3 is 4.90 Å². The van der Waals surface area contributed by atoms with Crippen LogP contribution < -0.4 is 0 Å². The first-order valence-corrected chi connectivity index (χ1v) is 11.1. The van der Waals surface area contributed by atoms with Crippen molar-refractivity contribution in [1.82, 2.24) is 9.21 Å². The summed E-state index contributed by atoms with van der Waals surface area (Å²) in [6.07, 6.45) is 4.83. The largest absolute Gasteiger partial charge is 0.342 e. The van der Waals surface area contributed by atoms with Crippen LogP contribution in [-0.4, -0.2) is 49.7 Å². The summed E-state index contributed by atoms with van der Waals surface area (Å²) < 4.78 is 28.1. The second kappa shape index (κ2) is 7.69. The summed E-state index contributed by atoms with van der Waals surface area (Å²) in [4.78, 5) is 15.2. The standard InChI is InChI=1S/C20H30N2O3S/c1-15-12-16(2)19(17(3)13-15)26(24,25)22-11-7-8-18(14-22)20(23)21-9-5-4-6-10-21/h12-13,18H,4-11,14H2,1-3H3/t18-/m0/s1. The lowest BCUT2D eigenvalue weighted by atomic mass is 9.97. The number of carbonyl (C=O) groups is 1. The Morgan fingerprint density at radius 3 is 2.19 bits per heavy atom. The molecule has 2 aliphatic rings. The maximum absolute atomic E-state index is 13.3. The predicted octanol–water partition coefficient (Wildman–Crippen LogP) is 3.03. The summed E-state index contributed by atoms with van der Waals surface area (Å²) in [5.74, 6) is -0.0652. The molecule has 2 fully saturated rings. The number of aryl methyl sites for hydroxylation is 3. The summed E-state index contributed by atoms with van der Waals surface area (Å²) in [7, 11) is -3.57. The fraction of sp³-hybridized carbons (Fsp3) is 0.650. The van der Waals surface area contributed by atoms with Gasteiger partial charge in [-0.2, -0.15) is 4.31 Å². The van der Waals surface area contributed by atoms with Gasteiger partial charge in [0.15, 0.2) is 0 Å². The van der Waals surface area contributed by atoms with Crippen molar-refractivity contribution >= 4 is 15.9 Å². The van der Waals surface area contributed by atoms with Gasteiger partial charge in [0.05, 0.1) is 10.8 Å². The summed E-state index contributed by atoms with van der Waals surface area (Å²) >= 11 is 0. The SMILES string of the molecule is Cc1cc(C)c(S(=O)(=O)N2CCC[C@H](C(=O)N3CCCCC3)C2)c(C)c1. The van der Waals surface area contributed by atoms with Crippen LogP contribution in [0.5, 0.6) is 0 Å². The average molecular weight is 379 g/mol. The Morgan fingerprint density at radius 2 is 1.58 bits per heavy atom. The van der Waals surface area contributed by atoms with Gasteiger partial charge in [-0.05, 0) is 64.0 Å². The molecule has 2 aliphatic heterocycles. The minimum Gasteiger partial charge on any atom is -0.342 e. The molecule has 0 unspecified atom stereocenters. The molecule has 2 heterocycles. The average Bonchev–Trinajstić information content (AvgIpc) is 2.61. The van der Waals surface area contributed by atoms with E-state index in [2.05, 4.69) is 0 Å². The highest BCUT2D eigenvalue weighted by Gasteiger charge is 2.36. The molecule has 5 nitrogen and oxygen atoms in total. The number of nitrogens with zero attached hydrogens (tertiary/aromatic N) is 2. The van der Waals surface area contributed by atoms with Gasteiger partial charge in [0.2, 0.25) is 15.9 Å². The van der Waals surface area contributed by atoms with Gasteiger partial charge in [0, 0.05) is 26.2 Å². The number of hydrogen-bond acceptors (Lipinski definition) is 3. The van der Waals surface area contributed by atoms with Gasteiger partial charge in [-0.25, -0.2) is 8.42 Å². The Kier molecular flexibility index (Phi) is 5.72. The van der Waals surface area contributed by atoms with Crippen LogP contribution in [0.15, 0.2) is 17.0 Å². The van der Waals surface area contributed by atoms with Crippen molar-refractivity contribution in [2.24, 2.45) is 5.92 Å². The van der Waals surface area contributed by atoms with E-state index in [1.54, 1.807) is 0 Å². The molecule has 0 radical (unpaired) electrons. The van der Waals surface area contributed by atoms with Gasteiger partial charge in [-0.1, -0.05) is 17.7 Å². The van der Waals surface area contributed by atoms with Crippen LogP contribution in [0.4, 0.5) is 0 Å². The highest BCUT2D eigenvalue weighted by atomic mass is 32.2. The Balaban J connectivity index is 1.81. The number of carbonyl (C=O) groups excluding carboxylic acids is 1. The number of amides is 1. The van der Waals surface area contributed by atoms with E-state index in [-0.39, 0.29) is 11.8 Å². The second-order valence-corrected chi connectivity index (χ2v) is 9.69. The number of sulfonamides is 1. The van der Waals surface area contributed by atoms with Crippen LogP contribution in [-0.2, 0) is 14.8 Å². The van der Waals surface area contributed by atoms with Crippen LogP contribution >= 0.6 is 0 Å². The minimum atomic E-state index is -3.57. The van der Waals surface area contributed by atoms with Crippen LogP contribution in [0.1, 0.15) is 48.8 Å². The Labute approximate surface area is 157 Å². The topological polar surface area (TPSA) is 57.7 Å². The van der Waals surface area contributed by atoms with E-state index in [4.69, 9.17) is 0 Å². The van der Waals surface area contributed by atoms with Crippen LogP contribution in [0.2, 0.25) is 0 Å². The van der Waals surface area contributed by atoms with E-state index in [0.717, 1.165) is 55.5 Å². The van der Waals surface area contributed by atoms with Crippen LogP contribution in [0, 0.1) is 26.7 Å². The third-order valence-corrected chi connectivity index (χ3v) is 7.77. The Bertz CT molecular complexity index is 759. The van der Waals surface area contributed by atoms with E-state index in [0.29, 0.717) is 18.0 Å². The first kappa shape index (κ1) is 19.4. The van der Waals surface area contributed by atoms with Crippen molar-refractivity contribution < 1.29 is 13.2 Å². The highest BCUT2D eigenvalue weighted by molar-refractivity contribution is 7.89. The molecule has 0 saturated carbocycles. The summed E-state index contributed by atoms with van der Waals surface area (Å²) in [5, 5.41) is 0. The molecular formula is C20H30N2O3S. The van der Waals surface area contributed by atoms with E-state index < -0.39 is 10.0 Å². The Hall–Kier alpha value is -1.40. The molecule has 0 aromatic heterocycles. The van der Waals surface area contributed by atoms with Crippen molar-refractivity contribution in [3.63, 3.8) is 0 Å². The van der Waals surface area contributed by atoms with Crippen molar-refractivity contribution in [2.75, 3.05) is 26.2 Å². The molecule has 26 heavy (non-hydrogen) atoms. The van der Waals surface area contributed by atoms with Gasteiger partial charge in [0.25, 0.3) is 0 Å². The third-order valence-electron chi connectivity index (χ3n) is 5.60. The van der Waals surface area contributed by atoms with E-state index in [9.17, 15) is 13.2 Å². The molecule has 0 aliphatic carbocycles. The van der Waals surface area contributed by atoms with E-state index >= 15 is 0 Å². The monoisotopic (exact) mass is 378 g/mol. The zero-order chi connectivity index (χ0) is 18.9. The molecule has 1 atom stereocenters. The number of rotatable bonds is 3. The number of benzene rings is 1. The lowest BCUT2D eigenvalue weighted by Crippen LogP contribution is -2.48. The smallest absolute Gasteiger partial charge is 0.243 e. The zero-order valence-corrected chi connectivity index (χ0v) is 16.9. The molecule has 2 saturated heterocycles. The minimum absolute atomic E-state index is 0.141. The first-order chi connectivity index (χ1) is 12.3. The normalized spacial score (nSPS) is 22.4. The summed E-state index contributed by atoms with van der Waals surface area (Å²) in [6.45, 7) is 8.13. The molecule has 0 N–H and O–H groups in total. The molecule has 1 aromatic carbocycles. The zero-order valence-electron chi connectivity index (χ0n) is 16.1. The fourth-order valence-electron chi connectivity index (χ4n) is 4.44. The van der Waals surface area contributed by atoms with Crippen LogP contribution in [0.25, 0.3) is 0 Å². The molecule has 144 valence electrons. The lowest BCUT2D eigenvalue weighted by molar-refractivity contribution is -0.137. The molecule has 6 heteroatoms. The van der Waals surface area contributed by atoms with Gasteiger partial charge in [-0.15, -0.1) is 0 Å². The summed E-state index contributed by atoms with van der Waals surface area (Å²) in [6, 6.07) is 3.83. The highest BCUT2D eigenvalue weighted by Crippen LogP contribution is 2.29. The van der Waals surface area contributed by atoms with Gasteiger partial charge in [0.1, 0.15) is 0 Å². The van der Waals surface area contributed by atoms with E-state index in [1.807, 2.05) is 37.8 Å². The number of likely N-dealkylation sites (tertiary alicyclic amines) is 1. The van der Waals surface area contributed by atoms with Crippen molar-refractivity contribution in [3.8, 4) is 0 Å². The van der Waals surface area contributed by atoms with Crippen molar-refractivity contribution in [3.05, 3.63) is 28.8 Å². The van der Waals surface area contributed by atoms with Crippen molar-refractivity contribution in [2.45, 2.75) is 57.8 Å². The Morgan fingerprint density at radius 1 is 0.962 bits per heavy atom. The second-order valence-electron chi connectivity index (χ2n) is 7.82. The maximum Gasteiger partial charge on any atom is 0.243 e. The molecule has 3 rings (SSSR count). The number of hydrogen-bond donors (Lipinski definition) is 0. The summed E-state index contributed by atoms with van der Waals surface area (Å²) in [5.41, 5.74) is 2.63. The molecule has 1 amide bonds.